The number of rotatable bonds is 6. The first-order valence-electron chi connectivity index (χ1n) is 6.78. The van der Waals surface area contributed by atoms with Gasteiger partial charge in [-0.2, -0.15) is 0 Å². The quantitative estimate of drug-likeness (QED) is 0.674. The number of hydrogen-bond acceptors (Lipinski definition) is 2. The van der Waals surface area contributed by atoms with Gasteiger partial charge in [0.05, 0.1) is 5.92 Å². The maximum absolute atomic E-state index is 4.35. The molecule has 1 aliphatic rings. The van der Waals surface area contributed by atoms with Gasteiger partial charge in [0.2, 0.25) is 6.17 Å². The van der Waals surface area contributed by atoms with E-state index >= 15 is 0 Å². The van der Waals surface area contributed by atoms with E-state index in [0.29, 0.717) is 11.8 Å². The van der Waals surface area contributed by atoms with Gasteiger partial charge >= 0.3 is 0 Å². The summed E-state index contributed by atoms with van der Waals surface area (Å²) in [5.74, 6) is 1.06. The van der Waals surface area contributed by atoms with E-state index in [2.05, 4.69) is 54.2 Å². The van der Waals surface area contributed by atoms with Gasteiger partial charge < -0.3 is 0 Å². The van der Waals surface area contributed by atoms with Crippen LogP contribution >= 0.6 is 0 Å². The van der Waals surface area contributed by atoms with Crippen LogP contribution in [-0.4, -0.2) is 12.4 Å². The van der Waals surface area contributed by atoms with Crippen LogP contribution in [0.1, 0.15) is 32.3 Å². The fraction of sp³-hybridized carbons (Fsp3) is 0.438. The van der Waals surface area contributed by atoms with Crippen molar-refractivity contribution in [2.75, 3.05) is 0 Å². The molecule has 1 aromatic carbocycles. The van der Waals surface area contributed by atoms with E-state index in [1.807, 2.05) is 0 Å². The van der Waals surface area contributed by atoms with Crippen LogP contribution in [0.4, 0.5) is 0 Å². The van der Waals surface area contributed by atoms with Crippen LogP contribution in [0.2, 0.25) is 0 Å². The van der Waals surface area contributed by atoms with Gasteiger partial charge in [0.15, 0.2) is 12.4 Å². The Hall–Kier alpha value is -1.57. The van der Waals surface area contributed by atoms with Gasteiger partial charge in [-0.3, -0.25) is 0 Å². The van der Waals surface area contributed by atoms with E-state index < -0.39 is 0 Å². The predicted molar refractivity (Wildman–Crippen MR) is 77.9 cm³/mol. The zero-order valence-electron chi connectivity index (χ0n) is 11.2. The molecule has 2 heteroatoms. The van der Waals surface area contributed by atoms with E-state index in [4.69, 9.17) is 0 Å². The number of benzene rings is 1. The minimum absolute atomic E-state index is 0.431. The highest BCUT2D eigenvalue weighted by atomic mass is 15.0. The third-order valence-electron chi connectivity index (χ3n) is 3.59. The van der Waals surface area contributed by atoms with Gasteiger partial charge in [-0.1, -0.05) is 53.7 Å². The van der Waals surface area contributed by atoms with Gasteiger partial charge in [0.1, 0.15) is 0 Å². The third-order valence-corrected chi connectivity index (χ3v) is 3.59. The summed E-state index contributed by atoms with van der Waals surface area (Å²) in [5.41, 5.74) is 1.41. The SMILES string of the molecule is CCCC(Cc1ccccc1)C(C)[C+]1N=CC=N1. The lowest BCUT2D eigenvalue weighted by Crippen LogP contribution is -2.19. The molecule has 0 N–H and O–H groups in total. The molecule has 0 fully saturated rings. The predicted octanol–water partition coefficient (Wildman–Crippen LogP) is 3.93. The Morgan fingerprint density at radius 1 is 1.11 bits per heavy atom. The first-order chi connectivity index (χ1) is 8.81. The molecule has 2 nitrogen and oxygen atoms in total. The molecule has 0 spiro atoms. The molecule has 94 valence electrons. The zero-order valence-corrected chi connectivity index (χ0v) is 11.2. The maximum Gasteiger partial charge on any atom is 0.243 e. The first kappa shape index (κ1) is 12.9. The minimum Gasteiger partial charge on any atom is -0.0965 e. The first-order valence-corrected chi connectivity index (χ1v) is 6.78. The highest BCUT2D eigenvalue weighted by Crippen LogP contribution is 2.31. The van der Waals surface area contributed by atoms with Crippen LogP contribution in [0.15, 0.2) is 40.3 Å². The number of nitrogens with zero attached hydrogens (tertiary/aromatic N) is 2. The molecule has 0 amide bonds. The molecule has 0 aromatic heterocycles. The van der Waals surface area contributed by atoms with Gasteiger partial charge in [-0.15, -0.1) is 0 Å². The van der Waals surface area contributed by atoms with E-state index in [9.17, 15) is 0 Å². The Kier molecular flexibility index (Phi) is 4.57. The molecule has 1 heterocycles. The van der Waals surface area contributed by atoms with Crippen LogP contribution in [0, 0.1) is 18.0 Å². The molecule has 0 saturated carbocycles. The second-order valence-corrected chi connectivity index (χ2v) is 4.94. The average Bonchev–Trinajstić information content (AvgIpc) is 2.92. The molecule has 1 aliphatic heterocycles. The largest absolute Gasteiger partial charge is 0.243 e. The standard InChI is InChI=1S/C16H21N2/c1-3-7-15(12-14-8-5-4-6-9-14)13(2)16-17-10-11-18-16/h4-6,8-11,13,15H,3,7,12H2,1-2H3/q+1. The van der Waals surface area contributed by atoms with Crippen molar-refractivity contribution in [3.63, 3.8) is 0 Å². The molecular formula is C16H21N2+. The fourth-order valence-electron chi connectivity index (χ4n) is 2.52. The van der Waals surface area contributed by atoms with Crippen LogP contribution in [-0.2, 0) is 6.42 Å². The lowest BCUT2D eigenvalue weighted by Gasteiger charge is -2.21. The topological polar surface area (TPSA) is 24.7 Å². The van der Waals surface area contributed by atoms with Crippen molar-refractivity contribution in [1.29, 1.82) is 0 Å². The Balaban J connectivity index is 2.03. The lowest BCUT2D eigenvalue weighted by molar-refractivity contribution is 0.338. The van der Waals surface area contributed by atoms with Crippen LogP contribution < -0.4 is 0 Å². The second kappa shape index (κ2) is 6.39. The summed E-state index contributed by atoms with van der Waals surface area (Å²) in [6.07, 6.45) is 8.12. The monoisotopic (exact) mass is 241 g/mol. The van der Waals surface area contributed by atoms with Gasteiger partial charge in [0, 0.05) is 0 Å². The highest BCUT2D eigenvalue weighted by molar-refractivity contribution is 6.18. The smallest absolute Gasteiger partial charge is 0.0965 e. The van der Waals surface area contributed by atoms with Crippen molar-refractivity contribution >= 4 is 12.4 Å². The Bertz CT molecular complexity index is 396. The van der Waals surface area contributed by atoms with Crippen molar-refractivity contribution in [1.82, 2.24) is 0 Å². The maximum atomic E-state index is 4.35. The van der Waals surface area contributed by atoms with Crippen molar-refractivity contribution in [3.8, 4) is 0 Å². The molecule has 2 rings (SSSR count). The normalized spacial score (nSPS) is 17.1. The molecule has 0 saturated heterocycles. The Morgan fingerprint density at radius 3 is 2.39 bits per heavy atom. The van der Waals surface area contributed by atoms with Crippen LogP contribution in [0.5, 0.6) is 0 Å². The third kappa shape index (κ3) is 3.22. The van der Waals surface area contributed by atoms with E-state index in [-0.39, 0.29) is 0 Å². The summed E-state index contributed by atoms with van der Waals surface area (Å²) in [7, 11) is 0. The molecule has 2 unspecified atom stereocenters. The van der Waals surface area contributed by atoms with Crippen molar-refractivity contribution < 1.29 is 0 Å². The second-order valence-electron chi connectivity index (χ2n) is 4.94. The molecule has 0 bridgehead atoms. The molecule has 0 aliphatic carbocycles. The van der Waals surface area contributed by atoms with Crippen molar-refractivity contribution in [2.45, 2.75) is 33.1 Å². The van der Waals surface area contributed by atoms with E-state index in [0.717, 1.165) is 12.6 Å². The van der Waals surface area contributed by atoms with Crippen LogP contribution in [0.25, 0.3) is 0 Å². The Morgan fingerprint density at radius 2 is 1.78 bits per heavy atom. The highest BCUT2D eigenvalue weighted by Gasteiger charge is 2.31. The van der Waals surface area contributed by atoms with Gasteiger partial charge in [-0.25, -0.2) is 0 Å². The summed E-state index contributed by atoms with van der Waals surface area (Å²) >= 11 is 0. The van der Waals surface area contributed by atoms with E-state index in [1.165, 1.54) is 18.4 Å². The van der Waals surface area contributed by atoms with Gasteiger partial charge in [-0.05, 0) is 31.2 Å². The summed E-state index contributed by atoms with van der Waals surface area (Å²) < 4.78 is 0. The summed E-state index contributed by atoms with van der Waals surface area (Å²) in [5, 5.41) is 0. The lowest BCUT2D eigenvalue weighted by atomic mass is 9.83. The van der Waals surface area contributed by atoms with Crippen molar-refractivity contribution in [2.24, 2.45) is 21.8 Å². The summed E-state index contributed by atoms with van der Waals surface area (Å²) in [6, 6.07) is 10.7. The molecule has 18 heavy (non-hydrogen) atoms. The molecule has 0 radical (unpaired) electrons. The van der Waals surface area contributed by atoms with E-state index in [1.54, 1.807) is 12.4 Å². The average molecular weight is 241 g/mol. The summed E-state index contributed by atoms with van der Waals surface area (Å²) in [6.45, 7) is 4.50. The minimum atomic E-state index is 0.431. The van der Waals surface area contributed by atoms with Gasteiger partial charge in [0.25, 0.3) is 0 Å². The Labute approximate surface area is 110 Å². The molecule has 1 aromatic rings. The molecule has 2 atom stereocenters. The fourth-order valence-corrected chi connectivity index (χ4v) is 2.52. The number of aliphatic imine (C=N–C) groups is 2. The zero-order chi connectivity index (χ0) is 12.8. The molecular weight excluding hydrogens is 220 g/mol. The van der Waals surface area contributed by atoms with Crippen molar-refractivity contribution in [3.05, 3.63) is 42.1 Å². The number of hydrogen-bond donors (Lipinski definition) is 0. The van der Waals surface area contributed by atoms with Crippen LogP contribution in [0.3, 0.4) is 0 Å². The summed E-state index contributed by atoms with van der Waals surface area (Å²) in [4.78, 5) is 8.70.